The predicted octanol–water partition coefficient (Wildman–Crippen LogP) is 3.02. The van der Waals surface area contributed by atoms with Gasteiger partial charge < -0.3 is 19.9 Å². The molecule has 0 unspecified atom stereocenters. The van der Waals surface area contributed by atoms with E-state index in [1.54, 1.807) is 30.3 Å². The van der Waals surface area contributed by atoms with Crippen LogP contribution < -0.4 is 5.32 Å². The summed E-state index contributed by atoms with van der Waals surface area (Å²) in [6.45, 7) is 5.07. The molecule has 1 heterocycles. The molecule has 0 atom stereocenters. The molecule has 0 spiro atoms. The van der Waals surface area contributed by atoms with Crippen LogP contribution in [0.4, 0.5) is 0 Å². The fourth-order valence-electron chi connectivity index (χ4n) is 1.86. The molecule has 0 saturated heterocycles. The number of aliphatic imine (C=N–C) groups is 1. The molecule has 1 N–H and O–H groups in total. The molecule has 6 nitrogen and oxygen atoms in total. The lowest BCUT2D eigenvalue weighted by Gasteiger charge is -2.22. The van der Waals surface area contributed by atoms with Crippen LogP contribution in [-0.2, 0) is 16.1 Å². The molecule has 9 heteroatoms. The summed E-state index contributed by atoms with van der Waals surface area (Å²) in [5, 5.41) is 3.32. The maximum atomic E-state index is 11.8. The minimum Gasteiger partial charge on any atom is -0.382 e. The van der Waals surface area contributed by atoms with E-state index in [4.69, 9.17) is 4.74 Å². The fraction of sp³-hybridized carbons (Fsp3) is 0.625. The summed E-state index contributed by atoms with van der Waals surface area (Å²) in [5.74, 6) is 0.710. The first kappa shape index (κ1) is 24.6. The number of rotatable bonds is 9. The van der Waals surface area contributed by atoms with Crippen molar-refractivity contribution < 1.29 is 9.53 Å². The molecule has 0 aliphatic rings. The molecule has 0 fully saturated rings. The topological polar surface area (TPSA) is 57.2 Å². The van der Waals surface area contributed by atoms with Gasteiger partial charge in [-0.05, 0) is 41.4 Å². The number of nitrogens with zero attached hydrogens (tertiary/aromatic N) is 3. The number of guanidine groups is 1. The van der Waals surface area contributed by atoms with Crippen molar-refractivity contribution in [3.05, 3.63) is 20.8 Å². The van der Waals surface area contributed by atoms with E-state index < -0.39 is 0 Å². The quantitative estimate of drug-likeness (QED) is 0.224. The van der Waals surface area contributed by atoms with Gasteiger partial charge in [-0.25, -0.2) is 4.99 Å². The van der Waals surface area contributed by atoms with Crippen molar-refractivity contribution in [2.45, 2.75) is 19.9 Å². The first-order valence-electron chi connectivity index (χ1n) is 7.95. The number of hydrogen-bond acceptors (Lipinski definition) is 4. The van der Waals surface area contributed by atoms with Crippen LogP contribution in [-0.4, -0.2) is 69.1 Å². The number of nitrogens with one attached hydrogen (secondary N) is 1. The first-order chi connectivity index (χ1) is 11.4. The van der Waals surface area contributed by atoms with Gasteiger partial charge >= 0.3 is 0 Å². The summed E-state index contributed by atoms with van der Waals surface area (Å²) in [5.41, 5.74) is 0. The van der Waals surface area contributed by atoms with E-state index >= 15 is 0 Å². The van der Waals surface area contributed by atoms with Crippen molar-refractivity contribution >= 4 is 63.1 Å². The van der Waals surface area contributed by atoms with Gasteiger partial charge in [-0.3, -0.25) is 4.79 Å². The van der Waals surface area contributed by atoms with Gasteiger partial charge in [0.25, 0.3) is 0 Å². The Hall–Kier alpha value is -0.390. The Bertz CT molecular complexity index is 540. The zero-order valence-electron chi connectivity index (χ0n) is 15.2. The molecule has 0 bridgehead atoms. The van der Waals surface area contributed by atoms with Crippen molar-refractivity contribution in [2.24, 2.45) is 4.99 Å². The molecule has 1 amide bonds. The Labute approximate surface area is 180 Å². The van der Waals surface area contributed by atoms with E-state index in [1.165, 1.54) is 4.88 Å². The largest absolute Gasteiger partial charge is 0.382 e. The average molecular weight is 547 g/mol. The number of hydrogen-bond donors (Lipinski definition) is 1. The zero-order valence-corrected chi connectivity index (χ0v) is 20.0. The highest BCUT2D eigenvalue weighted by Gasteiger charge is 2.10. The number of thiophene rings is 1. The third-order valence-electron chi connectivity index (χ3n) is 3.20. The third kappa shape index (κ3) is 10.4. The Morgan fingerprint density at radius 1 is 1.36 bits per heavy atom. The molecule has 0 saturated carbocycles. The van der Waals surface area contributed by atoms with E-state index in [2.05, 4.69) is 32.3 Å². The smallest absolute Gasteiger partial charge is 0.243 e. The number of likely N-dealkylation sites (N-methyl/N-ethyl adjacent to an activating group) is 1. The van der Waals surface area contributed by atoms with Crippen LogP contribution in [0.25, 0.3) is 0 Å². The molecule has 1 aromatic heterocycles. The summed E-state index contributed by atoms with van der Waals surface area (Å²) in [6.07, 6.45) is 0.896. The monoisotopic (exact) mass is 546 g/mol. The van der Waals surface area contributed by atoms with Gasteiger partial charge in [0.1, 0.15) is 6.54 Å². The lowest BCUT2D eigenvalue weighted by Crippen LogP contribution is -2.40. The van der Waals surface area contributed by atoms with E-state index in [1.807, 2.05) is 24.9 Å². The first-order valence-corrected chi connectivity index (χ1v) is 9.56. The zero-order chi connectivity index (χ0) is 17.9. The van der Waals surface area contributed by atoms with Gasteiger partial charge in [-0.1, -0.05) is 0 Å². The maximum Gasteiger partial charge on any atom is 0.243 e. The molecule has 1 rings (SSSR count). The standard InChI is InChI=1S/C16H27BrN4O2S.HI/c1-5-23-10-6-9-18-16(19-11-15(22)20(2)3)21(4)12-13-7-8-14(17)24-13;/h7-8H,5-6,9-12H2,1-4H3,(H,18,19);1H. The number of carbonyl (C=O) groups is 1. The molecule has 0 aliphatic heterocycles. The maximum absolute atomic E-state index is 11.8. The van der Waals surface area contributed by atoms with Crippen LogP contribution in [0.1, 0.15) is 18.2 Å². The summed E-state index contributed by atoms with van der Waals surface area (Å²) < 4.78 is 6.45. The molecule has 0 aromatic carbocycles. The highest BCUT2D eigenvalue weighted by molar-refractivity contribution is 14.0. The molecule has 25 heavy (non-hydrogen) atoms. The van der Waals surface area contributed by atoms with Crippen molar-refractivity contribution in [1.82, 2.24) is 15.1 Å². The van der Waals surface area contributed by atoms with Crippen LogP contribution in [0.3, 0.4) is 0 Å². The van der Waals surface area contributed by atoms with Gasteiger partial charge in [-0.2, -0.15) is 0 Å². The second-order valence-corrected chi connectivity index (χ2v) is 8.01. The molecule has 0 radical (unpaired) electrons. The molecular formula is C16H28BrIN4O2S. The molecular weight excluding hydrogens is 519 g/mol. The molecule has 144 valence electrons. The van der Waals surface area contributed by atoms with Gasteiger partial charge in [-0.15, -0.1) is 35.3 Å². The second-order valence-electron chi connectivity index (χ2n) is 5.47. The lowest BCUT2D eigenvalue weighted by molar-refractivity contribution is -0.127. The van der Waals surface area contributed by atoms with Crippen molar-refractivity contribution in [1.29, 1.82) is 0 Å². The van der Waals surface area contributed by atoms with Gasteiger partial charge in [0.15, 0.2) is 5.96 Å². The highest BCUT2D eigenvalue weighted by atomic mass is 127. The van der Waals surface area contributed by atoms with Crippen LogP contribution in [0.2, 0.25) is 0 Å². The summed E-state index contributed by atoms with van der Waals surface area (Å²) in [7, 11) is 5.45. The van der Waals surface area contributed by atoms with Crippen LogP contribution in [0.5, 0.6) is 0 Å². The summed E-state index contributed by atoms with van der Waals surface area (Å²) >= 11 is 5.18. The normalized spacial score (nSPS) is 11.0. The third-order valence-corrected chi connectivity index (χ3v) is 4.81. The second kappa shape index (κ2) is 13.8. The average Bonchev–Trinajstić information content (AvgIpc) is 2.94. The van der Waals surface area contributed by atoms with Gasteiger partial charge in [0.05, 0.1) is 10.3 Å². The summed E-state index contributed by atoms with van der Waals surface area (Å²) in [6, 6.07) is 4.12. The number of amides is 1. The van der Waals surface area contributed by atoms with E-state index in [0.717, 1.165) is 42.5 Å². The number of ether oxygens (including phenoxy) is 1. The van der Waals surface area contributed by atoms with Crippen LogP contribution in [0.15, 0.2) is 20.9 Å². The number of carbonyl (C=O) groups excluding carboxylic acids is 1. The minimum atomic E-state index is -0.0177. The van der Waals surface area contributed by atoms with Crippen molar-refractivity contribution in [3.8, 4) is 0 Å². The van der Waals surface area contributed by atoms with E-state index in [0.29, 0.717) is 0 Å². The Morgan fingerprint density at radius 2 is 2.08 bits per heavy atom. The SMILES string of the molecule is CCOCCCNC(=NCC(=O)N(C)C)N(C)Cc1ccc(Br)s1.I. The van der Waals surface area contributed by atoms with Crippen molar-refractivity contribution in [3.63, 3.8) is 0 Å². The Balaban J connectivity index is 0.00000576. The lowest BCUT2D eigenvalue weighted by atomic mass is 10.4. The Kier molecular flexibility index (Phi) is 13.6. The van der Waals surface area contributed by atoms with Crippen LogP contribution in [0, 0.1) is 0 Å². The highest BCUT2D eigenvalue weighted by Crippen LogP contribution is 2.22. The van der Waals surface area contributed by atoms with Crippen LogP contribution >= 0.6 is 51.2 Å². The van der Waals surface area contributed by atoms with E-state index in [-0.39, 0.29) is 36.4 Å². The number of halogens is 2. The minimum absolute atomic E-state index is 0. The summed E-state index contributed by atoms with van der Waals surface area (Å²) in [4.78, 5) is 21.1. The fourth-order valence-corrected chi connectivity index (χ4v) is 3.40. The molecule has 0 aliphatic carbocycles. The molecule has 1 aromatic rings. The van der Waals surface area contributed by atoms with Gasteiger partial charge in [0.2, 0.25) is 5.91 Å². The predicted molar refractivity (Wildman–Crippen MR) is 119 cm³/mol. The Morgan fingerprint density at radius 3 is 2.64 bits per heavy atom. The van der Waals surface area contributed by atoms with Crippen molar-refractivity contribution in [2.75, 3.05) is 47.4 Å². The van der Waals surface area contributed by atoms with Gasteiger partial charge in [0, 0.05) is 45.8 Å². The van der Waals surface area contributed by atoms with E-state index in [9.17, 15) is 4.79 Å².